The van der Waals surface area contributed by atoms with Crippen LogP contribution < -0.4 is 30.2 Å². The highest BCUT2D eigenvalue weighted by Gasteiger charge is 2.23. The van der Waals surface area contributed by atoms with Gasteiger partial charge in [-0.15, -0.1) is 11.8 Å². The molecule has 53 heavy (non-hydrogen) atoms. The lowest BCUT2D eigenvalue weighted by Gasteiger charge is -2.18. The van der Waals surface area contributed by atoms with E-state index in [0.29, 0.717) is 39.8 Å². The van der Waals surface area contributed by atoms with Gasteiger partial charge in [-0.1, -0.05) is 78.9 Å². The number of fused-ring (bicyclic) bond motifs is 1. The van der Waals surface area contributed by atoms with E-state index < -0.39 is 17.1 Å². The van der Waals surface area contributed by atoms with Crippen LogP contribution in [0.1, 0.15) is 26.7 Å². The summed E-state index contributed by atoms with van der Waals surface area (Å²) in [4.78, 5) is 41.6. The van der Waals surface area contributed by atoms with E-state index in [1.165, 1.54) is 39.2 Å². The Hall–Kier alpha value is -6.52. The van der Waals surface area contributed by atoms with Crippen molar-refractivity contribution < 1.29 is 28.6 Å². The van der Waals surface area contributed by atoms with Gasteiger partial charge in [-0.25, -0.2) is 0 Å². The SMILES string of the molecule is COc1cc(OC)c(OC)cc1/C=C(\NC(=O)c1ccccc1)C(=O)Nc1ccc(SC(C(=O)Nc2ccc3ccccc3c2)c2ccccc2)cc1. The van der Waals surface area contributed by atoms with Gasteiger partial charge in [0.1, 0.15) is 16.7 Å². The summed E-state index contributed by atoms with van der Waals surface area (Å²) in [5, 5.41) is 10.3. The molecule has 0 heterocycles. The number of thioether (sulfide) groups is 1. The van der Waals surface area contributed by atoms with Crippen LogP contribution in [0.15, 0.2) is 150 Å². The molecule has 0 aliphatic heterocycles. The zero-order valence-corrected chi connectivity index (χ0v) is 30.1. The molecule has 266 valence electrons. The quantitative estimate of drug-likeness (QED) is 0.0807. The van der Waals surface area contributed by atoms with E-state index in [2.05, 4.69) is 16.0 Å². The first kappa shape index (κ1) is 36.3. The second kappa shape index (κ2) is 17.1. The Bertz CT molecular complexity index is 2260. The molecule has 1 atom stereocenters. The van der Waals surface area contributed by atoms with Crippen LogP contribution in [0.5, 0.6) is 17.2 Å². The van der Waals surface area contributed by atoms with Crippen molar-refractivity contribution in [1.82, 2.24) is 5.32 Å². The Labute approximate surface area is 312 Å². The van der Waals surface area contributed by atoms with Crippen molar-refractivity contribution in [1.29, 1.82) is 0 Å². The molecular weight excluding hydrogens is 687 g/mol. The monoisotopic (exact) mass is 723 g/mol. The minimum absolute atomic E-state index is 0.0303. The van der Waals surface area contributed by atoms with Gasteiger partial charge in [-0.2, -0.15) is 0 Å². The van der Waals surface area contributed by atoms with Crippen molar-refractivity contribution in [2.24, 2.45) is 0 Å². The maximum Gasteiger partial charge on any atom is 0.272 e. The van der Waals surface area contributed by atoms with Crippen LogP contribution in [0.3, 0.4) is 0 Å². The summed E-state index contributed by atoms with van der Waals surface area (Å²) in [6.45, 7) is 0. The normalized spacial score (nSPS) is 11.6. The summed E-state index contributed by atoms with van der Waals surface area (Å²) in [7, 11) is 4.51. The number of carbonyl (C=O) groups excluding carboxylic acids is 3. The summed E-state index contributed by atoms with van der Waals surface area (Å²) < 4.78 is 16.4. The second-order valence-corrected chi connectivity index (χ2v) is 12.9. The third-order valence-corrected chi connectivity index (χ3v) is 9.55. The van der Waals surface area contributed by atoms with Gasteiger partial charge in [0.25, 0.3) is 11.8 Å². The smallest absolute Gasteiger partial charge is 0.272 e. The molecule has 1 unspecified atom stereocenters. The number of ether oxygens (including phenoxy) is 3. The van der Waals surface area contributed by atoms with Crippen molar-refractivity contribution in [2.45, 2.75) is 10.1 Å². The second-order valence-electron chi connectivity index (χ2n) is 11.8. The average Bonchev–Trinajstić information content (AvgIpc) is 3.20. The molecule has 0 aliphatic carbocycles. The topological polar surface area (TPSA) is 115 Å². The lowest BCUT2D eigenvalue weighted by atomic mass is 10.1. The van der Waals surface area contributed by atoms with Crippen LogP contribution in [0.25, 0.3) is 16.8 Å². The van der Waals surface area contributed by atoms with Crippen molar-refractivity contribution >= 4 is 57.7 Å². The number of hydrogen-bond acceptors (Lipinski definition) is 7. The van der Waals surface area contributed by atoms with Gasteiger partial charge in [0, 0.05) is 33.5 Å². The molecule has 3 N–H and O–H groups in total. The molecule has 0 aromatic heterocycles. The largest absolute Gasteiger partial charge is 0.496 e. The van der Waals surface area contributed by atoms with Crippen molar-refractivity contribution in [3.8, 4) is 17.2 Å². The fraction of sp³-hybridized carbons (Fsp3) is 0.0930. The van der Waals surface area contributed by atoms with Crippen LogP contribution in [0.2, 0.25) is 0 Å². The van der Waals surface area contributed by atoms with Crippen LogP contribution in [0, 0.1) is 0 Å². The molecule has 6 aromatic rings. The van der Waals surface area contributed by atoms with E-state index in [-0.39, 0.29) is 11.6 Å². The maximum absolute atomic E-state index is 13.8. The van der Waals surface area contributed by atoms with E-state index in [0.717, 1.165) is 21.2 Å². The lowest BCUT2D eigenvalue weighted by molar-refractivity contribution is -0.116. The third-order valence-electron chi connectivity index (χ3n) is 8.29. The van der Waals surface area contributed by atoms with Crippen molar-refractivity contribution in [2.75, 3.05) is 32.0 Å². The first-order chi connectivity index (χ1) is 25.8. The van der Waals surface area contributed by atoms with E-state index in [1.54, 1.807) is 54.6 Å². The van der Waals surface area contributed by atoms with Crippen molar-refractivity contribution in [3.63, 3.8) is 0 Å². The van der Waals surface area contributed by atoms with Gasteiger partial charge < -0.3 is 30.2 Å². The van der Waals surface area contributed by atoms with Crippen molar-refractivity contribution in [3.05, 3.63) is 162 Å². The zero-order valence-electron chi connectivity index (χ0n) is 29.3. The number of rotatable bonds is 13. The molecule has 10 heteroatoms. The van der Waals surface area contributed by atoms with E-state index in [1.807, 2.05) is 84.9 Å². The molecule has 0 radical (unpaired) electrons. The van der Waals surface area contributed by atoms with Crippen LogP contribution in [-0.2, 0) is 9.59 Å². The predicted molar refractivity (Wildman–Crippen MR) is 211 cm³/mol. The molecule has 3 amide bonds. The molecular formula is C43H37N3O6S. The minimum atomic E-state index is -0.566. The Morgan fingerprint density at radius 3 is 1.89 bits per heavy atom. The highest BCUT2D eigenvalue weighted by molar-refractivity contribution is 8.00. The lowest BCUT2D eigenvalue weighted by Crippen LogP contribution is -2.30. The fourth-order valence-electron chi connectivity index (χ4n) is 5.59. The molecule has 6 aromatic carbocycles. The van der Waals surface area contributed by atoms with E-state index in [9.17, 15) is 14.4 Å². The number of methoxy groups -OCH3 is 3. The van der Waals surface area contributed by atoms with Gasteiger partial charge >= 0.3 is 0 Å². The number of nitrogens with one attached hydrogen (secondary N) is 3. The average molecular weight is 724 g/mol. The summed E-state index contributed by atoms with van der Waals surface area (Å²) in [6, 6.07) is 42.5. The van der Waals surface area contributed by atoms with Crippen LogP contribution in [0.4, 0.5) is 11.4 Å². The zero-order chi connectivity index (χ0) is 37.2. The number of anilines is 2. The third kappa shape index (κ3) is 9.05. The molecule has 0 saturated carbocycles. The Balaban J connectivity index is 1.23. The van der Waals surface area contributed by atoms with Gasteiger partial charge in [0.2, 0.25) is 5.91 Å². The first-order valence-corrected chi connectivity index (χ1v) is 17.5. The predicted octanol–water partition coefficient (Wildman–Crippen LogP) is 8.75. The Morgan fingerprint density at radius 2 is 1.21 bits per heavy atom. The first-order valence-electron chi connectivity index (χ1n) is 16.7. The van der Waals surface area contributed by atoms with Gasteiger partial charge in [0.15, 0.2) is 11.5 Å². The van der Waals surface area contributed by atoms with Gasteiger partial charge in [0.05, 0.1) is 21.3 Å². The molecule has 0 fully saturated rings. The molecule has 0 aliphatic rings. The van der Waals surface area contributed by atoms with Gasteiger partial charge in [-0.3, -0.25) is 14.4 Å². The summed E-state index contributed by atoms with van der Waals surface area (Å²) in [6.07, 6.45) is 1.51. The standard InChI is InChI=1S/C43H37N3O6S/c1-50-37-27-39(52-3)38(51-2)26-32(37)25-36(46-41(47)30-15-8-5-9-16-30)42(48)44-33-20-22-35(23-21-33)53-40(29-13-6-4-7-14-29)43(49)45-34-19-18-28-12-10-11-17-31(28)24-34/h4-27,40H,1-3H3,(H,44,48)(H,45,49)(H,46,47)/b36-25-. The Kier molecular flexibility index (Phi) is 11.7. The van der Waals surface area contributed by atoms with Gasteiger partial charge in [-0.05, 0) is 77.0 Å². The van der Waals surface area contributed by atoms with E-state index >= 15 is 0 Å². The summed E-state index contributed by atoms with van der Waals surface area (Å²) in [5.41, 5.74) is 2.87. The van der Waals surface area contributed by atoms with E-state index in [4.69, 9.17) is 14.2 Å². The highest BCUT2D eigenvalue weighted by Crippen LogP contribution is 2.38. The molecule has 9 nitrogen and oxygen atoms in total. The maximum atomic E-state index is 13.8. The number of amides is 3. The highest BCUT2D eigenvalue weighted by atomic mass is 32.2. The van der Waals surface area contributed by atoms with Crippen LogP contribution in [-0.4, -0.2) is 39.1 Å². The summed E-state index contributed by atoms with van der Waals surface area (Å²) in [5.74, 6) is 0.0702. The number of carbonyl (C=O) groups is 3. The Morgan fingerprint density at radius 1 is 0.604 bits per heavy atom. The molecule has 6 rings (SSSR count). The van der Waals surface area contributed by atoms with Crippen LogP contribution >= 0.6 is 11.8 Å². The fourth-order valence-corrected chi connectivity index (χ4v) is 6.62. The minimum Gasteiger partial charge on any atom is -0.496 e. The molecule has 0 saturated heterocycles. The molecule has 0 spiro atoms. The number of benzene rings is 6. The number of hydrogen-bond donors (Lipinski definition) is 3. The molecule has 0 bridgehead atoms. The summed E-state index contributed by atoms with van der Waals surface area (Å²) >= 11 is 1.40.